The molecule has 39 heavy (non-hydrogen) atoms. The predicted molar refractivity (Wildman–Crippen MR) is 132 cm³/mol. The third kappa shape index (κ3) is 4.12. The van der Waals surface area contributed by atoms with E-state index in [4.69, 9.17) is 16.7 Å². The Morgan fingerprint density at radius 3 is 2.46 bits per heavy atom. The first-order chi connectivity index (χ1) is 17.9. The van der Waals surface area contributed by atoms with Gasteiger partial charge in [0, 0.05) is 24.8 Å². The highest BCUT2D eigenvalue weighted by molar-refractivity contribution is 7.89. The van der Waals surface area contributed by atoms with Crippen molar-refractivity contribution in [3.8, 4) is 0 Å². The molecule has 3 heterocycles. The van der Waals surface area contributed by atoms with Gasteiger partial charge in [0.05, 0.1) is 29.2 Å². The second-order valence-corrected chi connectivity index (χ2v) is 12.2. The van der Waals surface area contributed by atoms with Crippen LogP contribution in [-0.4, -0.2) is 59.9 Å². The smallest absolute Gasteiger partial charge is 0.354 e. The summed E-state index contributed by atoms with van der Waals surface area (Å²) < 4.78 is 95.9. The Bertz CT molecular complexity index is 1600. The molecular formula is C23H22ClF5N6O3S. The molecule has 3 atom stereocenters. The number of halogens is 6. The highest BCUT2D eigenvalue weighted by Crippen LogP contribution is 2.71. The monoisotopic (exact) mass is 592 g/mol. The van der Waals surface area contributed by atoms with Crippen molar-refractivity contribution >= 4 is 44.6 Å². The van der Waals surface area contributed by atoms with Crippen LogP contribution in [0.1, 0.15) is 31.0 Å². The van der Waals surface area contributed by atoms with Gasteiger partial charge in [-0.1, -0.05) is 23.7 Å². The number of carbonyl (C=O) groups is 1. The largest absolute Gasteiger partial charge is 0.401 e. The summed E-state index contributed by atoms with van der Waals surface area (Å²) in [5.41, 5.74) is -4.00. The fourth-order valence-electron chi connectivity index (χ4n) is 5.23. The Labute approximate surface area is 224 Å². The molecule has 0 saturated heterocycles. The summed E-state index contributed by atoms with van der Waals surface area (Å²) in [6.07, 6.45) is -3.39. The van der Waals surface area contributed by atoms with E-state index < -0.39 is 63.6 Å². The molecule has 1 aliphatic carbocycles. The summed E-state index contributed by atoms with van der Waals surface area (Å²) >= 11 is 5.93. The number of benzene rings is 1. The molecule has 1 saturated carbocycles. The zero-order valence-electron chi connectivity index (χ0n) is 20.4. The minimum atomic E-state index is -4.67. The summed E-state index contributed by atoms with van der Waals surface area (Å²) in [6.45, 7) is 1.16. The maximum absolute atomic E-state index is 14.9. The van der Waals surface area contributed by atoms with Gasteiger partial charge in [0.25, 0.3) is 5.92 Å². The van der Waals surface area contributed by atoms with Crippen LogP contribution in [0.15, 0.2) is 36.5 Å². The molecule has 5 rings (SSSR count). The molecule has 9 nitrogen and oxygen atoms in total. The van der Waals surface area contributed by atoms with Gasteiger partial charge in [-0.3, -0.25) is 4.79 Å². The number of hydrogen-bond acceptors (Lipinski definition) is 6. The molecule has 0 radical (unpaired) electrons. The number of alkyl halides is 5. The van der Waals surface area contributed by atoms with Crippen molar-refractivity contribution in [1.29, 1.82) is 0 Å². The van der Waals surface area contributed by atoms with Gasteiger partial charge in [-0.2, -0.15) is 18.3 Å². The Hall–Kier alpha value is -3.04. The van der Waals surface area contributed by atoms with Gasteiger partial charge in [-0.15, -0.1) is 0 Å². The number of hydrogen-bond donors (Lipinski definition) is 2. The molecule has 0 bridgehead atoms. The lowest BCUT2D eigenvalue weighted by Gasteiger charge is -2.28. The summed E-state index contributed by atoms with van der Waals surface area (Å²) in [6, 6.07) is 6.80. The van der Waals surface area contributed by atoms with Crippen LogP contribution in [0.3, 0.4) is 0 Å². The average molecular weight is 593 g/mol. The molecular weight excluding hydrogens is 571 g/mol. The number of rotatable bonds is 6. The Morgan fingerprint density at radius 2 is 1.87 bits per heavy atom. The van der Waals surface area contributed by atoms with Crippen molar-refractivity contribution < 1.29 is 35.2 Å². The molecule has 1 aliphatic heterocycles. The van der Waals surface area contributed by atoms with Crippen LogP contribution in [0.4, 0.5) is 33.3 Å². The van der Waals surface area contributed by atoms with E-state index in [9.17, 15) is 35.2 Å². The Balaban J connectivity index is 1.45. The summed E-state index contributed by atoms with van der Waals surface area (Å²) in [7, 11) is -3.90. The summed E-state index contributed by atoms with van der Waals surface area (Å²) in [5.74, 6) is -6.61. The minimum absolute atomic E-state index is 0.0228. The first-order valence-electron chi connectivity index (χ1n) is 11.6. The first-order valence-corrected chi connectivity index (χ1v) is 13.7. The third-order valence-corrected chi connectivity index (χ3v) is 8.54. The van der Waals surface area contributed by atoms with E-state index in [1.54, 1.807) is 0 Å². The van der Waals surface area contributed by atoms with E-state index in [-0.39, 0.29) is 33.4 Å². The van der Waals surface area contributed by atoms with Crippen LogP contribution in [0.2, 0.25) is 5.15 Å². The first kappa shape index (κ1) is 27.5. The van der Waals surface area contributed by atoms with Crippen molar-refractivity contribution in [2.24, 2.45) is 10.6 Å². The fraction of sp³-hybridized carbons (Fsp3) is 0.435. The van der Waals surface area contributed by atoms with E-state index in [2.05, 4.69) is 15.4 Å². The molecule has 210 valence electrons. The third-order valence-electron chi connectivity index (χ3n) is 7.58. The topological polar surface area (TPSA) is 123 Å². The van der Waals surface area contributed by atoms with Crippen LogP contribution < -0.4 is 15.4 Å². The quantitative estimate of drug-likeness (QED) is 0.423. The number of nitrogens with zero attached hydrogens (tertiary/aromatic N) is 4. The number of aromatic nitrogens is 3. The van der Waals surface area contributed by atoms with Crippen molar-refractivity contribution in [2.75, 3.05) is 23.7 Å². The molecule has 3 aromatic rings. The molecule has 2 aliphatic rings. The van der Waals surface area contributed by atoms with E-state index >= 15 is 0 Å². The number of carbonyl (C=O) groups excluding carboxylic acids is 1. The van der Waals surface area contributed by atoms with E-state index in [1.165, 1.54) is 41.4 Å². The number of sulfonamides is 1. The second-order valence-electron chi connectivity index (χ2n) is 10.1. The Kier molecular flexibility index (Phi) is 5.98. The molecule has 16 heteroatoms. The van der Waals surface area contributed by atoms with Crippen LogP contribution in [0.5, 0.6) is 0 Å². The number of nitrogens with one attached hydrogen (secondary N) is 1. The molecule has 1 amide bonds. The molecule has 2 aromatic heterocycles. The molecule has 1 aromatic carbocycles. The maximum atomic E-state index is 14.9. The highest BCUT2D eigenvalue weighted by atomic mass is 35.5. The lowest BCUT2D eigenvalue weighted by atomic mass is 9.87. The summed E-state index contributed by atoms with van der Waals surface area (Å²) in [4.78, 5) is 18.1. The summed E-state index contributed by atoms with van der Waals surface area (Å²) in [5, 5.41) is 11.0. The minimum Gasteiger partial charge on any atom is -0.354 e. The lowest BCUT2D eigenvalue weighted by molar-refractivity contribution is -0.181. The van der Waals surface area contributed by atoms with E-state index in [1.807, 2.05) is 0 Å². The standard InChI is InChI=1S/C23H22ClF5N6O3S/c1-20(23(27,28)29)11-34(14-10-32-16-9-15(24)33-35(16)18(14)20)13-5-3-12(4-6-13)17-21(2,22(17,25)26)19(36)31-7-8-39(30,37)38/h3-6,9-10,17H,7-8,11H2,1-2H3,(H,31,36)(H2,30,37,38)/t17-,20-,21+/m1/s1. The van der Waals surface area contributed by atoms with E-state index in [0.717, 1.165) is 18.4 Å². The van der Waals surface area contributed by atoms with Gasteiger partial charge in [0.15, 0.2) is 10.8 Å². The predicted octanol–water partition coefficient (Wildman–Crippen LogP) is 3.50. The molecule has 0 spiro atoms. The van der Waals surface area contributed by atoms with Crippen LogP contribution in [0.25, 0.3) is 5.65 Å². The highest BCUT2D eigenvalue weighted by Gasteiger charge is 2.82. The normalized spacial score (nSPS) is 26.1. The Morgan fingerprint density at radius 1 is 1.23 bits per heavy atom. The van der Waals surface area contributed by atoms with Gasteiger partial charge in [-0.25, -0.2) is 31.8 Å². The lowest BCUT2D eigenvalue weighted by Crippen LogP contribution is -2.43. The van der Waals surface area contributed by atoms with Crippen LogP contribution in [0, 0.1) is 5.41 Å². The fourth-order valence-corrected chi connectivity index (χ4v) is 5.79. The molecule has 0 unspecified atom stereocenters. The van der Waals surface area contributed by atoms with Crippen LogP contribution in [-0.2, 0) is 20.2 Å². The SMILES string of the molecule is C[C@@]1(C(F)(F)F)CN(c2ccc([C@H]3C(F)(F)[C@]3(C)C(=O)NCCS(N)(=O)=O)cc2)c2cnc3cc(Cl)nn3c21. The zero-order valence-corrected chi connectivity index (χ0v) is 22.0. The number of fused-ring (bicyclic) bond motifs is 3. The number of amides is 1. The zero-order chi connectivity index (χ0) is 28.8. The second kappa shape index (κ2) is 8.48. The van der Waals surface area contributed by atoms with E-state index in [0.29, 0.717) is 0 Å². The number of nitrogens with two attached hydrogens (primary N) is 1. The number of primary sulfonamides is 1. The van der Waals surface area contributed by atoms with Gasteiger partial charge >= 0.3 is 6.18 Å². The van der Waals surface area contributed by atoms with Gasteiger partial charge in [0.1, 0.15) is 10.8 Å². The van der Waals surface area contributed by atoms with Gasteiger partial charge in [0.2, 0.25) is 15.9 Å². The van der Waals surface area contributed by atoms with Crippen molar-refractivity contribution in [3.63, 3.8) is 0 Å². The van der Waals surface area contributed by atoms with Crippen molar-refractivity contribution in [1.82, 2.24) is 19.9 Å². The average Bonchev–Trinajstić information content (AvgIpc) is 3.10. The molecule has 3 N–H and O–H groups in total. The maximum Gasteiger partial charge on any atom is 0.401 e. The number of anilines is 2. The van der Waals surface area contributed by atoms with Crippen molar-refractivity contribution in [3.05, 3.63) is 52.9 Å². The van der Waals surface area contributed by atoms with Gasteiger partial charge < -0.3 is 10.2 Å². The molecule has 1 fully saturated rings. The van der Waals surface area contributed by atoms with Crippen LogP contribution >= 0.6 is 11.6 Å². The van der Waals surface area contributed by atoms with Crippen molar-refractivity contribution in [2.45, 2.75) is 37.3 Å². The van der Waals surface area contributed by atoms with Gasteiger partial charge in [-0.05, 0) is 31.5 Å².